The highest BCUT2D eigenvalue weighted by Crippen LogP contribution is 2.78. The summed E-state index contributed by atoms with van der Waals surface area (Å²) < 4.78 is 11.9. The first-order valence-corrected chi connectivity index (χ1v) is 22.0. The highest BCUT2D eigenvalue weighted by Gasteiger charge is 2.71. The second kappa shape index (κ2) is 15.7. The van der Waals surface area contributed by atoms with Gasteiger partial charge in [-0.1, -0.05) is 60.6 Å². The predicted octanol–water partition coefficient (Wildman–Crippen LogP) is 8.46. The molecule has 6 rings (SSSR count). The van der Waals surface area contributed by atoms with Crippen LogP contribution in [0.3, 0.4) is 0 Å². The molecule has 0 bridgehead atoms. The lowest BCUT2D eigenvalue weighted by Crippen LogP contribution is -2.66. The molecular formula is C46H78N2O6. The van der Waals surface area contributed by atoms with Gasteiger partial charge in [-0.15, -0.1) is 0 Å². The van der Waals surface area contributed by atoms with Gasteiger partial charge in [0.2, 0.25) is 0 Å². The number of piperazine rings is 1. The fourth-order valence-corrected chi connectivity index (χ4v) is 14.9. The number of ether oxygens (including phenoxy) is 2. The maximum Gasteiger partial charge on any atom is 0.306 e. The lowest BCUT2D eigenvalue weighted by atomic mass is 9.32. The number of fused-ring (bicyclic) bond motifs is 7. The van der Waals surface area contributed by atoms with Crippen LogP contribution in [-0.4, -0.2) is 97.1 Å². The van der Waals surface area contributed by atoms with Crippen LogP contribution in [0.5, 0.6) is 0 Å². The van der Waals surface area contributed by atoms with Gasteiger partial charge in [-0.25, -0.2) is 0 Å². The first kappa shape index (κ1) is 42.1. The largest absolute Gasteiger partial charge is 0.481 e. The Labute approximate surface area is 328 Å². The molecule has 1 aliphatic heterocycles. The molecule has 0 amide bonds. The zero-order chi connectivity index (χ0) is 39.3. The van der Waals surface area contributed by atoms with Crippen LogP contribution in [-0.2, 0) is 19.1 Å². The number of carbonyl (C=O) groups is 2. The summed E-state index contributed by atoms with van der Waals surface area (Å²) in [4.78, 5) is 30.0. The third-order valence-corrected chi connectivity index (χ3v) is 17.9. The maximum atomic E-state index is 13.3. The van der Waals surface area contributed by atoms with E-state index in [1.54, 1.807) is 0 Å². The molecule has 8 heteroatoms. The fourth-order valence-electron chi connectivity index (χ4n) is 14.9. The van der Waals surface area contributed by atoms with Gasteiger partial charge in [0.05, 0.1) is 32.7 Å². The van der Waals surface area contributed by atoms with Gasteiger partial charge in [-0.2, -0.15) is 0 Å². The number of nitrogens with zero attached hydrogens (tertiary/aromatic N) is 2. The van der Waals surface area contributed by atoms with Crippen molar-refractivity contribution in [3.05, 3.63) is 12.2 Å². The van der Waals surface area contributed by atoms with Crippen molar-refractivity contribution in [3.8, 4) is 0 Å². The van der Waals surface area contributed by atoms with Crippen molar-refractivity contribution in [2.45, 2.75) is 145 Å². The van der Waals surface area contributed by atoms with Crippen molar-refractivity contribution in [3.63, 3.8) is 0 Å². The van der Waals surface area contributed by atoms with Crippen molar-refractivity contribution in [1.82, 2.24) is 9.80 Å². The van der Waals surface area contributed by atoms with Crippen LogP contribution in [0.1, 0.15) is 139 Å². The van der Waals surface area contributed by atoms with Crippen molar-refractivity contribution in [2.75, 3.05) is 59.1 Å². The van der Waals surface area contributed by atoms with Gasteiger partial charge in [-0.3, -0.25) is 14.5 Å². The summed E-state index contributed by atoms with van der Waals surface area (Å²) in [6.07, 6.45) is 13.8. The highest BCUT2D eigenvalue weighted by atomic mass is 16.5. The minimum absolute atomic E-state index is 0.0342. The fraction of sp³-hybridized carbons (Fsp3) is 0.913. The molecule has 5 saturated carbocycles. The van der Waals surface area contributed by atoms with Crippen LogP contribution in [0.2, 0.25) is 0 Å². The molecule has 6 fully saturated rings. The summed E-state index contributed by atoms with van der Waals surface area (Å²) in [5.41, 5.74) is 1.90. The van der Waals surface area contributed by atoms with Crippen LogP contribution in [0.15, 0.2) is 12.2 Å². The van der Waals surface area contributed by atoms with Gasteiger partial charge >= 0.3 is 11.9 Å². The van der Waals surface area contributed by atoms with E-state index in [1.807, 2.05) is 13.8 Å². The van der Waals surface area contributed by atoms with E-state index in [0.29, 0.717) is 41.8 Å². The quantitative estimate of drug-likeness (QED) is 0.104. The molecule has 54 heavy (non-hydrogen) atoms. The number of aliphatic hydroxyl groups excluding tert-OH is 1. The lowest BCUT2D eigenvalue weighted by Gasteiger charge is -2.73. The van der Waals surface area contributed by atoms with Crippen LogP contribution in [0.4, 0.5) is 0 Å². The Hall–Kier alpha value is -1.48. The molecule has 8 nitrogen and oxygen atoms in total. The molecule has 10 atom stereocenters. The van der Waals surface area contributed by atoms with Gasteiger partial charge in [0, 0.05) is 38.1 Å². The number of hydrogen-bond acceptors (Lipinski definition) is 7. The third-order valence-electron chi connectivity index (χ3n) is 17.9. The number of carboxylic acid groups (broad SMARTS) is 1. The lowest BCUT2D eigenvalue weighted by molar-refractivity contribution is -0.250. The van der Waals surface area contributed by atoms with Crippen LogP contribution in [0.25, 0.3) is 0 Å². The average Bonchev–Trinajstić information content (AvgIpc) is 3.47. The molecule has 0 aromatic heterocycles. The Balaban J connectivity index is 1.15. The molecule has 0 aromatic carbocycles. The van der Waals surface area contributed by atoms with Crippen molar-refractivity contribution in [2.24, 2.45) is 62.1 Å². The monoisotopic (exact) mass is 755 g/mol. The highest BCUT2D eigenvalue weighted by molar-refractivity contribution is 5.73. The second-order valence-electron chi connectivity index (χ2n) is 21.6. The van der Waals surface area contributed by atoms with E-state index in [1.165, 1.54) is 69.9 Å². The number of carboxylic acids is 1. The molecule has 308 valence electrons. The molecular weight excluding hydrogens is 677 g/mol. The van der Waals surface area contributed by atoms with E-state index in [2.05, 4.69) is 57.9 Å². The van der Waals surface area contributed by atoms with E-state index in [0.717, 1.165) is 57.4 Å². The van der Waals surface area contributed by atoms with E-state index in [4.69, 9.17) is 14.6 Å². The first-order valence-electron chi connectivity index (χ1n) is 22.0. The van der Waals surface area contributed by atoms with Gasteiger partial charge in [-0.05, 0) is 141 Å². The standard InChI is InChI=1S/C46H78N2O6/c1-32(2)33-12-17-46(20-21-47-22-24-48(25-23-47)26-28-53-29-27-49)19-18-44(8)34(40(33)46)10-11-36-43(7)15-14-37(42(5,6)35(43)13-16-45(36,44)9)54-39(52)31-41(3,4)30-38(50)51/h33-37,40,49H,1,10-31H2,2-9H3,(H,50,51)/t33-,34+,35-,36+,37-,40+,43-,44+,45+,46+/m0/s1. The van der Waals surface area contributed by atoms with E-state index >= 15 is 0 Å². The Morgan fingerprint density at radius 1 is 0.796 bits per heavy atom. The van der Waals surface area contributed by atoms with E-state index in [9.17, 15) is 14.7 Å². The number of esters is 1. The Morgan fingerprint density at radius 2 is 1.48 bits per heavy atom. The molecule has 0 radical (unpaired) electrons. The zero-order valence-corrected chi connectivity index (χ0v) is 35.6. The van der Waals surface area contributed by atoms with Crippen LogP contribution < -0.4 is 0 Å². The van der Waals surface area contributed by atoms with Gasteiger partial charge < -0.3 is 24.6 Å². The van der Waals surface area contributed by atoms with Crippen molar-refractivity contribution >= 4 is 11.9 Å². The SMILES string of the molecule is C=C(C)[C@@H]1CC[C@]2(CCN3CCN(CCOCCO)CC3)CC[C@]3(C)[C@H](CC[C@@H]4[C@@]5(C)CC[C@H](OC(=O)CC(C)(C)CC(=O)O)C(C)(C)[C@@H]5CC[C@]43C)[C@@H]12. The normalized spacial score (nSPS) is 40.9. The Bertz CT molecular complexity index is 1370. The second-order valence-corrected chi connectivity index (χ2v) is 21.6. The number of carbonyl (C=O) groups excluding carboxylic acids is 1. The number of rotatable bonds is 14. The topological polar surface area (TPSA) is 99.5 Å². The Morgan fingerprint density at radius 3 is 2.13 bits per heavy atom. The predicted molar refractivity (Wildman–Crippen MR) is 215 cm³/mol. The van der Waals surface area contributed by atoms with Crippen molar-refractivity contribution < 1.29 is 29.3 Å². The number of allylic oxidation sites excluding steroid dienone is 1. The summed E-state index contributed by atoms with van der Waals surface area (Å²) in [7, 11) is 0. The summed E-state index contributed by atoms with van der Waals surface area (Å²) >= 11 is 0. The molecule has 6 aliphatic rings. The summed E-state index contributed by atoms with van der Waals surface area (Å²) in [5.74, 6) is 2.16. The summed E-state index contributed by atoms with van der Waals surface area (Å²) in [6.45, 7) is 31.4. The molecule has 0 aromatic rings. The van der Waals surface area contributed by atoms with Gasteiger partial charge in [0.25, 0.3) is 0 Å². The van der Waals surface area contributed by atoms with Crippen LogP contribution >= 0.6 is 0 Å². The van der Waals surface area contributed by atoms with E-state index in [-0.39, 0.29) is 47.8 Å². The summed E-state index contributed by atoms with van der Waals surface area (Å²) in [6, 6.07) is 0. The van der Waals surface area contributed by atoms with Gasteiger partial charge in [0.15, 0.2) is 0 Å². The number of hydrogen-bond donors (Lipinski definition) is 2. The maximum absolute atomic E-state index is 13.3. The van der Waals surface area contributed by atoms with E-state index < -0.39 is 11.4 Å². The number of aliphatic hydroxyl groups is 1. The molecule has 1 saturated heterocycles. The van der Waals surface area contributed by atoms with Crippen LogP contribution in [0, 0.1) is 62.1 Å². The zero-order valence-electron chi connectivity index (χ0n) is 35.6. The summed E-state index contributed by atoms with van der Waals surface area (Å²) in [5, 5.41) is 18.4. The third kappa shape index (κ3) is 7.62. The molecule has 0 spiro atoms. The number of aliphatic carboxylic acids is 1. The molecule has 1 heterocycles. The molecule has 0 unspecified atom stereocenters. The Kier molecular flexibility index (Phi) is 12.2. The van der Waals surface area contributed by atoms with Crippen molar-refractivity contribution in [1.29, 1.82) is 0 Å². The minimum Gasteiger partial charge on any atom is -0.481 e. The smallest absolute Gasteiger partial charge is 0.306 e. The first-order chi connectivity index (χ1) is 25.3. The minimum atomic E-state index is -0.870. The molecule has 2 N–H and O–H groups in total. The molecule has 5 aliphatic carbocycles. The van der Waals surface area contributed by atoms with Gasteiger partial charge in [0.1, 0.15) is 6.10 Å². The average molecular weight is 755 g/mol.